The van der Waals surface area contributed by atoms with E-state index in [4.69, 9.17) is 0 Å². The van der Waals surface area contributed by atoms with Gasteiger partial charge in [-0.3, -0.25) is 9.78 Å². The number of hydrogen-bond donors (Lipinski definition) is 2. The number of para-hydroxylation sites is 1. The zero-order valence-corrected chi connectivity index (χ0v) is 15.0. The van der Waals surface area contributed by atoms with Gasteiger partial charge in [0.1, 0.15) is 23.2 Å². The van der Waals surface area contributed by atoms with Crippen molar-refractivity contribution in [1.82, 2.24) is 15.0 Å². The predicted octanol–water partition coefficient (Wildman–Crippen LogP) is 4.47. The second-order valence-electron chi connectivity index (χ2n) is 6.16. The van der Waals surface area contributed by atoms with Crippen LogP contribution in [0.15, 0.2) is 66.9 Å². The Morgan fingerprint density at radius 3 is 2.68 bits per heavy atom. The zero-order valence-electron chi connectivity index (χ0n) is 15.0. The highest BCUT2D eigenvalue weighted by Gasteiger charge is 2.12. The maximum absolute atomic E-state index is 13.3. The molecule has 1 amide bonds. The van der Waals surface area contributed by atoms with Gasteiger partial charge in [0.2, 0.25) is 0 Å². The van der Waals surface area contributed by atoms with Crippen molar-refractivity contribution in [2.24, 2.45) is 0 Å². The van der Waals surface area contributed by atoms with Gasteiger partial charge in [-0.1, -0.05) is 24.3 Å². The maximum Gasteiger partial charge on any atom is 0.274 e. The smallest absolute Gasteiger partial charge is 0.274 e. The molecule has 138 valence electrons. The number of benzene rings is 2. The highest BCUT2D eigenvalue weighted by atomic mass is 19.1. The van der Waals surface area contributed by atoms with Crippen LogP contribution in [0, 0.1) is 12.7 Å². The van der Waals surface area contributed by atoms with Gasteiger partial charge >= 0.3 is 0 Å². The van der Waals surface area contributed by atoms with Crippen molar-refractivity contribution in [3.63, 3.8) is 0 Å². The minimum Gasteiger partial charge on any atom is -0.338 e. The minimum atomic E-state index is -0.449. The molecular weight excluding hydrogens is 357 g/mol. The molecule has 0 saturated heterocycles. The Bertz CT molecular complexity index is 1170. The monoisotopic (exact) mass is 373 g/mol. The molecule has 7 heteroatoms. The lowest BCUT2D eigenvalue weighted by Gasteiger charge is -2.11. The van der Waals surface area contributed by atoms with Crippen molar-refractivity contribution >= 4 is 34.0 Å². The standard InChI is InChI=1S/C21H16FN5O/c1-13-24-18(21(28)26-16-8-3-7-15(22)11-16)12-19(25-13)27-17-9-2-5-14-6-4-10-23-20(14)17/h2-12H,1H3,(H,26,28)(H,24,25,27). The number of rotatable bonds is 4. The number of nitrogens with zero attached hydrogens (tertiary/aromatic N) is 3. The van der Waals surface area contributed by atoms with E-state index >= 15 is 0 Å². The van der Waals surface area contributed by atoms with Gasteiger partial charge in [0, 0.05) is 23.3 Å². The first-order valence-corrected chi connectivity index (χ1v) is 8.62. The quantitative estimate of drug-likeness (QED) is 0.552. The van der Waals surface area contributed by atoms with E-state index in [-0.39, 0.29) is 5.69 Å². The van der Waals surface area contributed by atoms with Crippen molar-refractivity contribution < 1.29 is 9.18 Å². The topological polar surface area (TPSA) is 79.8 Å². The number of amides is 1. The van der Waals surface area contributed by atoms with Crippen LogP contribution in [-0.4, -0.2) is 20.9 Å². The number of pyridine rings is 1. The van der Waals surface area contributed by atoms with Gasteiger partial charge in [-0.15, -0.1) is 0 Å². The van der Waals surface area contributed by atoms with Crippen molar-refractivity contribution in [2.75, 3.05) is 10.6 Å². The van der Waals surface area contributed by atoms with Crippen LogP contribution in [0.5, 0.6) is 0 Å². The fraction of sp³-hybridized carbons (Fsp3) is 0.0476. The van der Waals surface area contributed by atoms with E-state index in [0.29, 0.717) is 17.3 Å². The lowest BCUT2D eigenvalue weighted by molar-refractivity contribution is 0.102. The molecule has 0 saturated carbocycles. The van der Waals surface area contributed by atoms with Crippen LogP contribution in [0.4, 0.5) is 21.6 Å². The third-order valence-electron chi connectivity index (χ3n) is 4.05. The molecule has 0 aliphatic heterocycles. The molecule has 0 atom stereocenters. The average Bonchev–Trinajstić information content (AvgIpc) is 2.68. The van der Waals surface area contributed by atoms with Gasteiger partial charge in [-0.2, -0.15) is 0 Å². The Morgan fingerprint density at radius 1 is 1.00 bits per heavy atom. The van der Waals surface area contributed by atoms with Gasteiger partial charge in [-0.25, -0.2) is 14.4 Å². The average molecular weight is 373 g/mol. The molecule has 2 aromatic heterocycles. The van der Waals surface area contributed by atoms with Crippen molar-refractivity contribution in [3.8, 4) is 0 Å². The summed E-state index contributed by atoms with van der Waals surface area (Å²) in [5.74, 6) is 0.0234. The Morgan fingerprint density at radius 2 is 1.82 bits per heavy atom. The SMILES string of the molecule is Cc1nc(Nc2cccc3cccnc23)cc(C(=O)Nc2cccc(F)c2)n1. The summed E-state index contributed by atoms with van der Waals surface area (Å²) >= 11 is 0. The summed E-state index contributed by atoms with van der Waals surface area (Å²) in [6.45, 7) is 1.70. The molecule has 2 N–H and O–H groups in total. The lowest BCUT2D eigenvalue weighted by Crippen LogP contribution is -2.15. The van der Waals surface area contributed by atoms with Crippen LogP contribution in [0.25, 0.3) is 10.9 Å². The largest absolute Gasteiger partial charge is 0.338 e. The fourth-order valence-electron chi connectivity index (χ4n) is 2.85. The third kappa shape index (κ3) is 3.78. The van der Waals surface area contributed by atoms with Gasteiger partial charge < -0.3 is 10.6 Å². The Kier molecular flexibility index (Phi) is 4.63. The number of carbonyl (C=O) groups is 1. The first kappa shape index (κ1) is 17.5. The van der Waals surface area contributed by atoms with E-state index in [1.807, 2.05) is 30.3 Å². The van der Waals surface area contributed by atoms with E-state index in [9.17, 15) is 9.18 Å². The molecule has 0 aliphatic carbocycles. The molecule has 2 heterocycles. The van der Waals surface area contributed by atoms with Crippen LogP contribution in [-0.2, 0) is 0 Å². The van der Waals surface area contributed by atoms with E-state index in [1.165, 1.54) is 18.2 Å². The van der Waals surface area contributed by atoms with Crippen molar-refractivity contribution in [2.45, 2.75) is 6.92 Å². The van der Waals surface area contributed by atoms with Gasteiger partial charge in [0.25, 0.3) is 5.91 Å². The predicted molar refractivity (Wildman–Crippen MR) is 106 cm³/mol. The lowest BCUT2D eigenvalue weighted by atomic mass is 10.2. The van der Waals surface area contributed by atoms with E-state index < -0.39 is 11.7 Å². The number of nitrogens with one attached hydrogen (secondary N) is 2. The number of aryl methyl sites for hydroxylation is 1. The van der Waals surface area contributed by atoms with Crippen molar-refractivity contribution in [3.05, 3.63) is 84.2 Å². The number of aromatic nitrogens is 3. The van der Waals surface area contributed by atoms with Crippen LogP contribution in [0.3, 0.4) is 0 Å². The third-order valence-corrected chi connectivity index (χ3v) is 4.05. The highest BCUT2D eigenvalue weighted by Crippen LogP contribution is 2.24. The van der Waals surface area contributed by atoms with Crippen LogP contribution >= 0.6 is 0 Å². The van der Waals surface area contributed by atoms with Crippen LogP contribution < -0.4 is 10.6 Å². The van der Waals surface area contributed by atoms with Crippen molar-refractivity contribution in [1.29, 1.82) is 0 Å². The number of fused-ring (bicyclic) bond motifs is 1. The molecular formula is C21H16FN5O. The first-order valence-electron chi connectivity index (χ1n) is 8.62. The van der Waals surface area contributed by atoms with E-state index in [2.05, 4.69) is 25.6 Å². The maximum atomic E-state index is 13.3. The van der Waals surface area contributed by atoms with E-state index in [1.54, 1.807) is 25.3 Å². The summed E-state index contributed by atoms with van der Waals surface area (Å²) in [4.78, 5) is 25.5. The number of halogens is 1. The summed E-state index contributed by atoms with van der Waals surface area (Å²) in [5, 5.41) is 6.83. The molecule has 2 aromatic carbocycles. The molecule has 0 aliphatic rings. The summed E-state index contributed by atoms with van der Waals surface area (Å²) < 4.78 is 13.3. The molecule has 0 bridgehead atoms. The molecule has 0 unspecified atom stereocenters. The van der Waals surface area contributed by atoms with Gasteiger partial charge in [0.05, 0.1) is 11.2 Å². The number of carbonyl (C=O) groups excluding carboxylic acids is 1. The molecule has 0 radical (unpaired) electrons. The second-order valence-corrected chi connectivity index (χ2v) is 6.16. The van der Waals surface area contributed by atoms with Gasteiger partial charge in [-0.05, 0) is 37.3 Å². The molecule has 4 aromatic rings. The summed E-state index contributed by atoms with van der Waals surface area (Å²) in [7, 11) is 0. The normalized spacial score (nSPS) is 10.6. The number of hydrogen-bond acceptors (Lipinski definition) is 5. The molecule has 4 rings (SSSR count). The molecule has 0 spiro atoms. The first-order chi connectivity index (χ1) is 13.6. The van der Waals surface area contributed by atoms with Gasteiger partial charge in [0.15, 0.2) is 0 Å². The Balaban J connectivity index is 1.62. The summed E-state index contributed by atoms with van der Waals surface area (Å²) in [6, 6.07) is 16.8. The van der Waals surface area contributed by atoms with Crippen LogP contribution in [0.1, 0.15) is 16.3 Å². The Hall–Kier alpha value is -3.87. The molecule has 0 fully saturated rings. The fourth-order valence-corrected chi connectivity index (χ4v) is 2.85. The molecule has 28 heavy (non-hydrogen) atoms. The van der Waals surface area contributed by atoms with Crippen LogP contribution in [0.2, 0.25) is 0 Å². The number of anilines is 3. The zero-order chi connectivity index (χ0) is 19.5. The second kappa shape index (κ2) is 7.40. The minimum absolute atomic E-state index is 0.174. The summed E-state index contributed by atoms with van der Waals surface area (Å²) in [6.07, 6.45) is 1.72. The highest BCUT2D eigenvalue weighted by molar-refractivity contribution is 6.03. The summed E-state index contributed by atoms with van der Waals surface area (Å²) in [5.41, 5.74) is 2.10. The molecule has 6 nitrogen and oxygen atoms in total. The van der Waals surface area contributed by atoms with E-state index in [0.717, 1.165) is 16.6 Å². The Labute approximate surface area is 160 Å².